The summed E-state index contributed by atoms with van der Waals surface area (Å²) in [7, 11) is 0. The molecule has 0 aromatic heterocycles. The Labute approximate surface area is 176 Å². The van der Waals surface area contributed by atoms with Gasteiger partial charge in [0.05, 0.1) is 0 Å². The largest absolute Gasteiger partial charge is 0.492 e. The summed E-state index contributed by atoms with van der Waals surface area (Å²) in [6, 6.07) is 7.43. The van der Waals surface area contributed by atoms with Gasteiger partial charge < -0.3 is 19.9 Å². The number of likely N-dealkylation sites (N-methyl/N-ethyl adjacent to an activating group) is 1. The van der Waals surface area contributed by atoms with E-state index in [1.165, 1.54) is 0 Å². The molecule has 6 nitrogen and oxygen atoms in total. The average Bonchev–Trinajstić information content (AvgIpc) is 2.72. The molecule has 0 saturated heterocycles. The number of ether oxygens (including phenoxy) is 1. The van der Waals surface area contributed by atoms with Crippen LogP contribution in [-0.2, 0) is 9.59 Å². The molecule has 6 heteroatoms. The molecule has 0 heterocycles. The van der Waals surface area contributed by atoms with E-state index < -0.39 is 0 Å². The standard InChI is InChI=1S/C23H39N3O3/c1-5-16-26(17-6-2)23(28)11-9-10-22(27)24-20-12-14-21(15-13-20)29-19-18-25(7-3)8-4/h12-15H,5-11,16-19H2,1-4H3,(H,24,27). The van der Waals surface area contributed by atoms with Gasteiger partial charge in [0.2, 0.25) is 11.8 Å². The van der Waals surface area contributed by atoms with Crippen molar-refractivity contribution in [3.05, 3.63) is 24.3 Å². The van der Waals surface area contributed by atoms with Crippen molar-refractivity contribution in [3.63, 3.8) is 0 Å². The molecule has 0 fully saturated rings. The number of amides is 2. The Kier molecular flexibility index (Phi) is 12.8. The van der Waals surface area contributed by atoms with Gasteiger partial charge in [0, 0.05) is 38.2 Å². The summed E-state index contributed by atoms with van der Waals surface area (Å²) >= 11 is 0. The summed E-state index contributed by atoms with van der Waals surface area (Å²) in [5.41, 5.74) is 0.746. The molecule has 0 aliphatic rings. The molecule has 0 aliphatic heterocycles. The van der Waals surface area contributed by atoms with Gasteiger partial charge in [0.1, 0.15) is 12.4 Å². The second kappa shape index (κ2) is 14.9. The van der Waals surface area contributed by atoms with Gasteiger partial charge in [0.25, 0.3) is 0 Å². The monoisotopic (exact) mass is 405 g/mol. The minimum absolute atomic E-state index is 0.0643. The van der Waals surface area contributed by atoms with Crippen molar-refractivity contribution in [3.8, 4) is 5.75 Å². The lowest BCUT2D eigenvalue weighted by Gasteiger charge is -2.21. The Morgan fingerprint density at radius 2 is 1.52 bits per heavy atom. The Hall–Kier alpha value is -2.08. The number of nitrogens with zero attached hydrogens (tertiary/aromatic N) is 2. The molecule has 0 unspecified atom stereocenters. The fourth-order valence-electron chi connectivity index (χ4n) is 3.15. The first-order valence-electron chi connectivity index (χ1n) is 11.1. The SMILES string of the molecule is CCCN(CCC)C(=O)CCCC(=O)Nc1ccc(OCCN(CC)CC)cc1. The van der Waals surface area contributed by atoms with Crippen LogP contribution in [0.4, 0.5) is 5.69 Å². The maximum atomic E-state index is 12.2. The molecule has 0 saturated carbocycles. The summed E-state index contributed by atoms with van der Waals surface area (Å²) in [5.74, 6) is 0.880. The Bertz CT molecular complexity index is 580. The fourth-order valence-corrected chi connectivity index (χ4v) is 3.15. The van der Waals surface area contributed by atoms with E-state index in [2.05, 4.69) is 37.9 Å². The van der Waals surface area contributed by atoms with Crippen LogP contribution in [0.5, 0.6) is 5.75 Å². The van der Waals surface area contributed by atoms with Crippen LogP contribution in [0.25, 0.3) is 0 Å². The lowest BCUT2D eigenvalue weighted by Crippen LogP contribution is -2.32. The third kappa shape index (κ3) is 10.3. The molecule has 0 bridgehead atoms. The highest BCUT2D eigenvalue weighted by Gasteiger charge is 2.12. The van der Waals surface area contributed by atoms with Crippen LogP contribution < -0.4 is 10.1 Å². The van der Waals surface area contributed by atoms with Crippen LogP contribution in [0.2, 0.25) is 0 Å². The molecule has 2 amide bonds. The van der Waals surface area contributed by atoms with Gasteiger partial charge in [-0.2, -0.15) is 0 Å². The molecular weight excluding hydrogens is 366 g/mol. The maximum Gasteiger partial charge on any atom is 0.224 e. The van der Waals surface area contributed by atoms with Crippen LogP contribution >= 0.6 is 0 Å². The van der Waals surface area contributed by atoms with Crippen LogP contribution in [-0.4, -0.2) is 60.9 Å². The van der Waals surface area contributed by atoms with Crippen molar-refractivity contribution in [2.45, 2.75) is 59.8 Å². The zero-order valence-electron chi connectivity index (χ0n) is 18.7. The van der Waals surface area contributed by atoms with Gasteiger partial charge in [-0.05, 0) is 56.6 Å². The van der Waals surface area contributed by atoms with Gasteiger partial charge in [-0.15, -0.1) is 0 Å². The van der Waals surface area contributed by atoms with Gasteiger partial charge in [-0.3, -0.25) is 9.59 Å². The maximum absolute atomic E-state index is 12.2. The topological polar surface area (TPSA) is 61.9 Å². The van der Waals surface area contributed by atoms with Crippen molar-refractivity contribution < 1.29 is 14.3 Å². The van der Waals surface area contributed by atoms with Crippen molar-refractivity contribution in [1.29, 1.82) is 0 Å². The minimum Gasteiger partial charge on any atom is -0.492 e. The van der Waals surface area contributed by atoms with E-state index in [1.807, 2.05) is 29.2 Å². The van der Waals surface area contributed by atoms with E-state index >= 15 is 0 Å². The third-order valence-corrected chi connectivity index (χ3v) is 4.84. The zero-order valence-corrected chi connectivity index (χ0v) is 18.7. The van der Waals surface area contributed by atoms with Gasteiger partial charge in [-0.1, -0.05) is 27.7 Å². The van der Waals surface area contributed by atoms with Gasteiger partial charge in [0.15, 0.2) is 0 Å². The van der Waals surface area contributed by atoms with Crippen LogP contribution in [0.1, 0.15) is 59.8 Å². The van der Waals surface area contributed by atoms with E-state index in [0.717, 1.165) is 57.0 Å². The number of carbonyl (C=O) groups is 2. The van der Waals surface area contributed by atoms with Crippen molar-refractivity contribution in [2.75, 3.05) is 44.6 Å². The first-order chi connectivity index (χ1) is 14.0. The molecule has 1 aromatic rings. The number of hydrogen-bond acceptors (Lipinski definition) is 4. The van der Waals surface area contributed by atoms with Crippen LogP contribution in [0.3, 0.4) is 0 Å². The second-order valence-corrected chi connectivity index (χ2v) is 7.18. The summed E-state index contributed by atoms with van der Waals surface area (Å²) in [6.07, 6.45) is 3.26. The van der Waals surface area contributed by atoms with E-state index in [1.54, 1.807) is 0 Å². The summed E-state index contributed by atoms with van der Waals surface area (Å²) in [5, 5.41) is 2.89. The number of benzene rings is 1. The molecule has 0 spiro atoms. The van der Waals surface area contributed by atoms with Crippen molar-refractivity contribution >= 4 is 17.5 Å². The highest BCUT2D eigenvalue weighted by Crippen LogP contribution is 2.16. The van der Waals surface area contributed by atoms with E-state index in [9.17, 15) is 9.59 Å². The molecule has 29 heavy (non-hydrogen) atoms. The molecular formula is C23H39N3O3. The van der Waals surface area contributed by atoms with Crippen molar-refractivity contribution in [2.24, 2.45) is 0 Å². The number of nitrogens with one attached hydrogen (secondary N) is 1. The van der Waals surface area contributed by atoms with Gasteiger partial charge >= 0.3 is 0 Å². The fraction of sp³-hybridized carbons (Fsp3) is 0.652. The Morgan fingerprint density at radius 3 is 2.07 bits per heavy atom. The molecule has 0 radical (unpaired) electrons. The molecule has 0 aliphatic carbocycles. The van der Waals surface area contributed by atoms with E-state index in [0.29, 0.717) is 25.9 Å². The zero-order chi connectivity index (χ0) is 21.5. The number of rotatable bonds is 15. The smallest absolute Gasteiger partial charge is 0.224 e. The van der Waals surface area contributed by atoms with Gasteiger partial charge in [-0.25, -0.2) is 0 Å². The van der Waals surface area contributed by atoms with E-state index in [-0.39, 0.29) is 11.8 Å². The number of hydrogen-bond donors (Lipinski definition) is 1. The normalized spacial score (nSPS) is 10.8. The average molecular weight is 406 g/mol. The summed E-state index contributed by atoms with van der Waals surface area (Å²) in [6.45, 7) is 13.6. The third-order valence-electron chi connectivity index (χ3n) is 4.84. The lowest BCUT2D eigenvalue weighted by atomic mass is 10.2. The Morgan fingerprint density at radius 1 is 0.897 bits per heavy atom. The predicted octanol–water partition coefficient (Wildman–Crippen LogP) is 4.16. The molecule has 1 N–H and O–H groups in total. The summed E-state index contributed by atoms with van der Waals surface area (Å²) in [4.78, 5) is 28.6. The van der Waals surface area contributed by atoms with E-state index in [4.69, 9.17) is 4.74 Å². The highest BCUT2D eigenvalue weighted by molar-refractivity contribution is 5.91. The quantitative estimate of drug-likeness (QED) is 0.476. The minimum atomic E-state index is -0.0643. The predicted molar refractivity (Wildman–Crippen MR) is 119 cm³/mol. The molecule has 1 rings (SSSR count). The Balaban J connectivity index is 2.32. The lowest BCUT2D eigenvalue weighted by molar-refractivity contribution is -0.131. The summed E-state index contributed by atoms with van der Waals surface area (Å²) < 4.78 is 5.76. The first kappa shape index (κ1) is 25.0. The first-order valence-corrected chi connectivity index (χ1v) is 11.1. The van der Waals surface area contributed by atoms with Crippen LogP contribution in [0, 0.1) is 0 Å². The number of carbonyl (C=O) groups excluding carboxylic acids is 2. The molecule has 1 aromatic carbocycles. The molecule has 0 atom stereocenters. The number of anilines is 1. The molecule has 164 valence electrons. The van der Waals surface area contributed by atoms with Crippen molar-refractivity contribution in [1.82, 2.24) is 9.80 Å². The highest BCUT2D eigenvalue weighted by atomic mass is 16.5. The van der Waals surface area contributed by atoms with Crippen LogP contribution in [0.15, 0.2) is 24.3 Å². The second-order valence-electron chi connectivity index (χ2n) is 7.18.